The number of carboxylic acids is 1. The molecule has 8 nitrogen and oxygen atoms in total. The maximum Gasteiger partial charge on any atom is 0.337 e. The third-order valence-electron chi connectivity index (χ3n) is 2.56. The largest absolute Gasteiger partial charge is 0.507 e. The number of carbonyl (C=O) groups is 3. The molecule has 0 radical (unpaired) electrons. The highest BCUT2D eigenvalue weighted by Gasteiger charge is 2.07. The molecular weight excluding hydrogens is 633 g/mol. The van der Waals surface area contributed by atoms with Gasteiger partial charge in [-0.15, -0.1) is 0 Å². The van der Waals surface area contributed by atoms with E-state index >= 15 is 0 Å². The lowest BCUT2D eigenvalue weighted by Gasteiger charge is -2.00. The summed E-state index contributed by atoms with van der Waals surface area (Å²) in [6, 6.07) is 8.87. The van der Waals surface area contributed by atoms with Gasteiger partial charge in [0, 0.05) is 14.0 Å². The minimum atomic E-state index is -1.03. The Labute approximate surface area is 199 Å². The zero-order chi connectivity index (χ0) is 23.1. The van der Waals surface area contributed by atoms with E-state index in [0.29, 0.717) is 12.7 Å². The van der Waals surface area contributed by atoms with E-state index in [-0.39, 0.29) is 22.3 Å². The molecule has 0 amide bonds. The number of phenols is 2. The van der Waals surface area contributed by atoms with Gasteiger partial charge in [-0.1, -0.05) is 0 Å². The van der Waals surface area contributed by atoms with Crippen LogP contribution < -0.4 is 0 Å². The molecule has 0 spiro atoms. The topological polar surface area (TPSA) is 141 Å². The highest BCUT2D eigenvalue weighted by Crippen LogP contribution is 2.21. The molecule has 0 bridgehead atoms. The van der Waals surface area contributed by atoms with Crippen LogP contribution in [0.1, 0.15) is 27.6 Å². The van der Waals surface area contributed by atoms with Crippen molar-refractivity contribution in [1.29, 1.82) is 0 Å². The van der Waals surface area contributed by atoms with Crippen molar-refractivity contribution in [3.8, 4) is 11.5 Å². The van der Waals surface area contributed by atoms with Crippen LogP contribution in [0.25, 0.3) is 0 Å². The SMILES string of the molecule is CC(=O)Cl.CO.COC(=O)c1ccc(I)c(O)c1.O=C(O)c1ccc(I)c(O)c1. The van der Waals surface area contributed by atoms with Gasteiger partial charge in [0.25, 0.3) is 0 Å². The number of aromatic carboxylic acids is 1. The average molecular weight is 653 g/mol. The van der Waals surface area contributed by atoms with Crippen LogP contribution >= 0.6 is 56.8 Å². The van der Waals surface area contributed by atoms with E-state index in [1.165, 1.54) is 32.2 Å². The second kappa shape index (κ2) is 16.2. The standard InChI is InChI=1S/C8H7IO3.C7H5IO3.C2H3ClO.CH4O/c1-12-8(11)5-2-3-6(9)7(10)4-5;8-5-2-1-4(7(10)11)3-6(5)9;1-2(3)4;1-2/h2-4,10H,1H3;1-3,9H,(H,10,11);1H3;2H,1H3. The third kappa shape index (κ3) is 13.2. The lowest BCUT2D eigenvalue weighted by atomic mass is 10.2. The van der Waals surface area contributed by atoms with E-state index < -0.39 is 11.9 Å². The molecule has 0 aliphatic heterocycles. The maximum absolute atomic E-state index is 10.9. The minimum Gasteiger partial charge on any atom is -0.507 e. The van der Waals surface area contributed by atoms with Crippen LogP contribution in [0.3, 0.4) is 0 Å². The Kier molecular flexibility index (Phi) is 16.5. The third-order valence-corrected chi connectivity index (χ3v) is 4.38. The number of benzene rings is 2. The molecule has 2 aromatic rings. The molecule has 0 atom stereocenters. The number of rotatable bonds is 2. The summed E-state index contributed by atoms with van der Waals surface area (Å²) in [4.78, 5) is 30.5. The molecule has 29 heavy (non-hydrogen) atoms. The normalized spacial score (nSPS) is 8.66. The van der Waals surface area contributed by atoms with Gasteiger partial charge in [-0.05, 0) is 93.2 Å². The Morgan fingerprint density at radius 2 is 1.24 bits per heavy atom. The number of carboxylic acid groups (broad SMARTS) is 1. The van der Waals surface area contributed by atoms with Crippen molar-refractivity contribution in [1.82, 2.24) is 0 Å². The predicted octanol–water partition coefficient (Wildman–Crippen LogP) is 3.86. The van der Waals surface area contributed by atoms with Gasteiger partial charge in [-0.25, -0.2) is 9.59 Å². The molecule has 0 saturated heterocycles. The monoisotopic (exact) mass is 652 g/mol. The maximum atomic E-state index is 10.9. The quantitative estimate of drug-likeness (QED) is 0.218. The molecule has 0 aliphatic carbocycles. The van der Waals surface area contributed by atoms with Crippen molar-refractivity contribution in [2.24, 2.45) is 0 Å². The first kappa shape index (κ1) is 29.6. The average Bonchev–Trinajstić information content (AvgIpc) is 2.67. The summed E-state index contributed by atoms with van der Waals surface area (Å²) in [5, 5.41) is 33.4. The van der Waals surface area contributed by atoms with Gasteiger partial charge in [-0.2, -0.15) is 0 Å². The Hall–Kier alpha value is -1.64. The summed E-state index contributed by atoms with van der Waals surface area (Å²) in [6.07, 6.45) is 0. The van der Waals surface area contributed by atoms with Gasteiger partial charge >= 0.3 is 11.9 Å². The second-order valence-electron chi connectivity index (χ2n) is 4.60. The van der Waals surface area contributed by atoms with E-state index in [2.05, 4.69) is 16.3 Å². The van der Waals surface area contributed by atoms with Crippen LogP contribution in [0.4, 0.5) is 0 Å². The molecule has 2 rings (SSSR count). The lowest BCUT2D eigenvalue weighted by molar-refractivity contribution is -0.109. The zero-order valence-corrected chi connectivity index (χ0v) is 20.6. The number of methoxy groups -OCH3 is 1. The van der Waals surface area contributed by atoms with Crippen LogP contribution in [0.5, 0.6) is 11.5 Å². The number of aromatic hydroxyl groups is 2. The Morgan fingerprint density at radius 1 is 0.897 bits per heavy atom. The highest BCUT2D eigenvalue weighted by molar-refractivity contribution is 14.1. The van der Waals surface area contributed by atoms with E-state index in [1.54, 1.807) is 18.2 Å². The molecule has 160 valence electrons. The van der Waals surface area contributed by atoms with Crippen molar-refractivity contribution in [3.05, 3.63) is 54.7 Å². The number of halogens is 3. The fraction of sp³-hybridized carbons (Fsp3) is 0.167. The number of hydrogen-bond donors (Lipinski definition) is 4. The van der Waals surface area contributed by atoms with Crippen molar-refractivity contribution >= 4 is 74.0 Å². The second-order valence-corrected chi connectivity index (χ2v) is 7.46. The van der Waals surface area contributed by atoms with Crippen LogP contribution in [-0.4, -0.2) is 51.8 Å². The summed E-state index contributed by atoms with van der Waals surface area (Å²) < 4.78 is 5.83. The van der Waals surface area contributed by atoms with E-state index in [1.807, 2.05) is 45.2 Å². The van der Waals surface area contributed by atoms with Crippen LogP contribution in [0, 0.1) is 7.14 Å². The van der Waals surface area contributed by atoms with Gasteiger partial charge in [0.15, 0.2) is 0 Å². The van der Waals surface area contributed by atoms with E-state index in [0.717, 1.165) is 7.11 Å². The van der Waals surface area contributed by atoms with Gasteiger partial charge < -0.3 is 25.2 Å². The van der Waals surface area contributed by atoms with Crippen LogP contribution in [0.2, 0.25) is 0 Å². The van der Waals surface area contributed by atoms with Crippen molar-refractivity contribution < 1.29 is 39.5 Å². The van der Waals surface area contributed by atoms with Crippen molar-refractivity contribution in [2.75, 3.05) is 14.2 Å². The lowest BCUT2D eigenvalue weighted by Crippen LogP contribution is -2.00. The number of hydrogen-bond acceptors (Lipinski definition) is 7. The highest BCUT2D eigenvalue weighted by atomic mass is 127. The van der Waals surface area contributed by atoms with Gasteiger partial charge in [0.05, 0.1) is 25.4 Å². The van der Waals surface area contributed by atoms with Gasteiger partial charge in [0.2, 0.25) is 5.24 Å². The van der Waals surface area contributed by atoms with Crippen molar-refractivity contribution in [2.45, 2.75) is 6.92 Å². The molecule has 0 unspecified atom stereocenters. The van der Waals surface area contributed by atoms with Crippen LogP contribution in [0.15, 0.2) is 36.4 Å². The molecule has 11 heteroatoms. The summed E-state index contributed by atoms with van der Waals surface area (Å²) in [5.41, 5.74) is 0.457. The number of ether oxygens (including phenoxy) is 1. The number of aliphatic hydroxyl groups is 1. The van der Waals surface area contributed by atoms with E-state index in [4.69, 9.17) is 15.3 Å². The molecular formula is C18H19ClI2O8. The first-order chi connectivity index (χ1) is 13.5. The summed E-state index contributed by atoms with van der Waals surface area (Å²) >= 11 is 8.53. The molecule has 0 saturated carbocycles. The Bertz CT molecular complexity index is 824. The number of carbonyl (C=O) groups excluding carboxylic acids is 2. The summed E-state index contributed by atoms with van der Waals surface area (Å²) in [5.74, 6) is -1.37. The van der Waals surface area contributed by atoms with Crippen LogP contribution in [-0.2, 0) is 9.53 Å². The smallest absolute Gasteiger partial charge is 0.337 e. The van der Waals surface area contributed by atoms with Gasteiger partial charge in [-0.3, -0.25) is 4.79 Å². The predicted molar refractivity (Wildman–Crippen MR) is 125 cm³/mol. The van der Waals surface area contributed by atoms with Gasteiger partial charge in [0.1, 0.15) is 11.5 Å². The number of esters is 1. The molecule has 2 aromatic carbocycles. The Morgan fingerprint density at radius 3 is 1.55 bits per heavy atom. The first-order valence-corrected chi connectivity index (χ1v) is 9.92. The number of aliphatic hydroxyl groups excluding tert-OH is 1. The minimum absolute atomic E-state index is 0.00509. The molecule has 4 N–H and O–H groups in total. The number of phenolic OH excluding ortho intramolecular Hbond substituents is 2. The molecule has 0 aromatic heterocycles. The molecule has 0 aliphatic rings. The zero-order valence-electron chi connectivity index (χ0n) is 15.5. The van der Waals surface area contributed by atoms with E-state index in [9.17, 15) is 19.5 Å². The van der Waals surface area contributed by atoms with Crippen molar-refractivity contribution in [3.63, 3.8) is 0 Å². The fourth-order valence-electron chi connectivity index (χ4n) is 1.40. The first-order valence-electron chi connectivity index (χ1n) is 7.39. The fourth-order valence-corrected chi connectivity index (χ4v) is 2.07. The summed E-state index contributed by atoms with van der Waals surface area (Å²) in [7, 11) is 2.30. The molecule has 0 fully saturated rings. The molecule has 0 heterocycles. The summed E-state index contributed by atoms with van der Waals surface area (Å²) in [6.45, 7) is 1.29. The Balaban J connectivity index is 0.